The molecule has 1 atom stereocenters. The van der Waals surface area contributed by atoms with Gasteiger partial charge in [-0.25, -0.2) is 0 Å². The maximum Gasteiger partial charge on any atom is -0.00172 e. The molecule has 0 aromatic heterocycles. The number of nitrogens with one attached hydrogen (secondary N) is 1. The van der Waals surface area contributed by atoms with E-state index in [1.165, 1.54) is 30.4 Å². The van der Waals surface area contributed by atoms with Crippen LogP contribution in [0.15, 0.2) is 24.3 Å². The van der Waals surface area contributed by atoms with Crippen LogP contribution in [-0.2, 0) is 6.42 Å². The van der Waals surface area contributed by atoms with Crippen molar-refractivity contribution < 1.29 is 0 Å². The molecule has 0 saturated heterocycles. The Hall–Kier alpha value is -0.820. The molecule has 0 amide bonds. The van der Waals surface area contributed by atoms with Crippen LogP contribution in [0.4, 0.5) is 0 Å². The third-order valence-corrected chi connectivity index (χ3v) is 3.33. The summed E-state index contributed by atoms with van der Waals surface area (Å²) in [5.74, 6) is 1.52. The summed E-state index contributed by atoms with van der Waals surface area (Å²) in [4.78, 5) is 0. The second-order valence-corrected chi connectivity index (χ2v) is 5.90. The van der Waals surface area contributed by atoms with Gasteiger partial charge in [0.1, 0.15) is 0 Å². The zero-order valence-electron chi connectivity index (χ0n) is 12.5. The number of hydrogen-bond donors (Lipinski definition) is 1. The van der Waals surface area contributed by atoms with Crippen LogP contribution in [0.2, 0.25) is 0 Å². The highest BCUT2D eigenvalue weighted by molar-refractivity contribution is 5.21. The van der Waals surface area contributed by atoms with Crippen molar-refractivity contribution in [3.63, 3.8) is 0 Å². The van der Waals surface area contributed by atoms with Crippen molar-refractivity contribution in [3.05, 3.63) is 35.4 Å². The van der Waals surface area contributed by atoms with Crippen molar-refractivity contribution in [2.24, 2.45) is 11.8 Å². The first kappa shape index (κ1) is 15.2. The van der Waals surface area contributed by atoms with Gasteiger partial charge in [-0.15, -0.1) is 0 Å². The minimum absolute atomic E-state index is 0.742. The smallest absolute Gasteiger partial charge is 0.00172 e. The fourth-order valence-corrected chi connectivity index (χ4v) is 2.32. The van der Waals surface area contributed by atoms with Crippen molar-refractivity contribution in [1.82, 2.24) is 5.32 Å². The standard InChI is InChI=1S/C17H29N/c1-5-6-17(13-18-12-14(2)3)11-16-9-7-15(4)8-10-16/h7-10,14,17-18H,5-6,11-13H2,1-4H3. The van der Waals surface area contributed by atoms with Crippen LogP contribution >= 0.6 is 0 Å². The van der Waals surface area contributed by atoms with Crippen molar-refractivity contribution in [2.45, 2.75) is 47.0 Å². The van der Waals surface area contributed by atoms with Gasteiger partial charge in [-0.05, 0) is 50.3 Å². The number of benzene rings is 1. The third-order valence-electron chi connectivity index (χ3n) is 3.33. The Morgan fingerprint density at radius 2 is 1.72 bits per heavy atom. The summed E-state index contributed by atoms with van der Waals surface area (Å²) in [5, 5.41) is 3.60. The normalized spacial score (nSPS) is 12.9. The second kappa shape index (κ2) is 8.31. The molecule has 18 heavy (non-hydrogen) atoms. The topological polar surface area (TPSA) is 12.0 Å². The lowest BCUT2D eigenvalue weighted by Crippen LogP contribution is -2.27. The lowest BCUT2D eigenvalue weighted by molar-refractivity contribution is 0.421. The van der Waals surface area contributed by atoms with Gasteiger partial charge in [0.15, 0.2) is 0 Å². The Labute approximate surface area is 113 Å². The number of hydrogen-bond acceptors (Lipinski definition) is 1. The number of rotatable bonds is 8. The van der Waals surface area contributed by atoms with Gasteiger partial charge in [0.05, 0.1) is 0 Å². The third kappa shape index (κ3) is 6.20. The highest BCUT2D eigenvalue weighted by atomic mass is 14.9. The molecule has 1 N–H and O–H groups in total. The van der Waals surface area contributed by atoms with E-state index in [-0.39, 0.29) is 0 Å². The van der Waals surface area contributed by atoms with Gasteiger partial charge in [-0.2, -0.15) is 0 Å². The van der Waals surface area contributed by atoms with Crippen LogP contribution in [0.1, 0.15) is 44.7 Å². The Morgan fingerprint density at radius 3 is 2.28 bits per heavy atom. The second-order valence-electron chi connectivity index (χ2n) is 5.90. The van der Waals surface area contributed by atoms with Crippen LogP contribution in [0, 0.1) is 18.8 Å². The average molecular weight is 247 g/mol. The first-order valence-corrected chi connectivity index (χ1v) is 7.38. The van der Waals surface area contributed by atoms with Gasteiger partial charge in [0, 0.05) is 0 Å². The molecule has 0 fully saturated rings. The molecule has 1 heteroatoms. The van der Waals surface area contributed by atoms with E-state index < -0.39 is 0 Å². The van der Waals surface area contributed by atoms with Crippen LogP contribution in [-0.4, -0.2) is 13.1 Å². The van der Waals surface area contributed by atoms with Gasteiger partial charge in [0.25, 0.3) is 0 Å². The fraction of sp³-hybridized carbons (Fsp3) is 0.647. The van der Waals surface area contributed by atoms with E-state index in [0.29, 0.717) is 0 Å². The van der Waals surface area contributed by atoms with Crippen LogP contribution in [0.25, 0.3) is 0 Å². The predicted molar refractivity (Wildman–Crippen MR) is 81.0 cm³/mol. The van der Waals surface area contributed by atoms with Crippen LogP contribution < -0.4 is 5.32 Å². The largest absolute Gasteiger partial charge is 0.316 e. The molecule has 1 unspecified atom stereocenters. The van der Waals surface area contributed by atoms with Crippen molar-refractivity contribution in [3.8, 4) is 0 Å². The fourth-order valence-electron chi connectivity index (χ4n) is 2.32. The summed E-state index contributed by atoms with van der Waals surface area (Å²) in [7, 11) is 0. The van der Waals surface area contributed by atoms with E-state index in [1.807, 2.05) is 0 Å². The highest BCUT2D eigenvalue weighted by Crippen LogP contribution is 2.14. The molecular weight excluding hydrogens is 218 g/mol. The zero-order valence-corrected chi connectivity index (χ0v) is 12.5. The van der Waals surface area contributed by atoms with E-state index in [4.69, 9.17) is 0 Å². The minimum atomic E-state index is 0.742. The molecule has 0 aliphatic heterocycles. The lowest BCUT2D eigenvalue weighted by Gasteiger charge is -2.18. The number of aryl methyl sites for hydroxylation is 1. The Balaban J connectivity index is 2.43. The molecule has 102 valence electrons. The van der Waals surface area contributed by atoms with Gasteiger partial charge in [0.2, 0.25) is 0 Å². The minimum Gasteiger partial charge on any atom is -0.316 e. The molecule has 0 spiro atoms. The maximum absolute atomic E-state index is 3.60. The summed E-state index contributed by atoms with van der Waals surface area (Å²) in [5.41, 5.74) is 2.83. The average Bonchev–Trinajstić information content (AvgIpc) is 2.32. The Kier molecular flexibility index (Phi) is 7.04. The lowest BCUT2D eigenvalue weighted by atomic mass is 9.94. The van der Waals surface area contributed by atoms with Crippen molar-refractivity contribution in [2.75, 3.05) is 13.1 Å². The van der Waals surface area contributed by atoms with E-state index in [2.05, 4.69) is 57.3 Å². The molecule has 0 aliphatic rings. The van der Waals surface area contributed by atoms with E-state index in [1.54, 1.807) is 0 Å². The quantitative estimate of drug-likeness (QED) is 0.726. The summed E-state index contributed by atoms with van der Waals surface area (Å²) in [6.07, 6.45) is 3.80. The molecule has 1 rings (SSSR count). The van der Waals surface area contributed by atoms with Crippen molar-refractivity contribution >= 4 is 0 Å². The van der Waals surface area contributed by atoms with E-state index in [9.17, 15) is 0 Å². The highest BCUT2D eigenvalue weighted by Gasteiger charge is 2.08. The molecule has 0 aliphatic carbocycles. The van der Waals surface area contributed by atoms with Crippen LogP contribution in [0.5, 0.6) is 0 Å². The first-order valence-electron chi connectivity index (χ1n) is 7.38. The SMILES string of the molecule is CCCC(CNCC(C)C)Cc1ccc(C)cc1. The van der Waals surface area contributed by atoms with Gasteiger partial charge in [-0.3, -0.25) is 0 Å². The van der Waals surface area contributed by atoms with Crippen molar-refractivity contribution in [1.29, 1.82) is 0 Å². The molecule has 1 aromatic carbocycles. The molecule has 1 nitrogen and oxygen atoms in total. The van der Waals surface area contributed by atoms with Gasteiger partial charge >= 0.3 is 0 Å². The summed E-state index contributed by atoms with van der Waals surface area (Å²) >= 11 is 0. The molecule has 0 saturated carbocycles. The molecule has 0 heterocycles. The van der Waals surface area contributed by atoms with E-state index >= 15 is 0 Å². The maximum atomic E-state index is 3.60. The summed E-state index contributed by atoms with van der Waals surface area (Å²) < 4.78 is 0. The summed E-state index contributed by atoms with van der Waals surface area (Å²) in [6.45, 7) is 11.2. The van der Waals surface area contributed by atoms with E-state index in [0.717, 1.165) is 24.9 Å². The predicted octanol–water partition coefficient (Wildman–Crippen LogP) is 4.20. The molecule has 0 bridgehead atoms. The molecule has 1 aromatic rings. The Bertz CT molecular complexity index is 313. The van der Waals surface area contributed by atoms with Gasteiger partial charge in [-0.1, -0.05) is 57.0 Å². The molecule has 0 radical (unpaired) electrons. The van der Waals surface area contributed by atoms with Gasteiger partial charge < -0.3 is 5.32 Å². The monoisotopic (exact) mass is 247 g/mol. The Morgan fingerprint density at radius 1 is 1.06 bits per heavy atom. The first-order chi connectivity index (χ1) is 8.61. The molecular formula is C17H29N. The van der Waals surface area contributed by atoms with Crippen LogP contribution in [0.3, 0.4) is 0 Å². The zero-order chi connectivity index (χ0) is 13.4. The summed E-state index contributed by atoms with van der Waals surface area (Å²) in [6, 6.07) is 9.00.